The fraction of sp³-hybridized carbons (Fsp3) is 0.208. The van der Waals surface area contributed by atoms with Gasteiger partial charge in [-0.2, -0.15) is 0 Å². The second-order valence-corrected chi connectivity index (χ2v) is 9.98. The number of rotatable bonds is 7. The predicted octanol–water partition coefficient (Wildman–Crippen LogP) is 5.39. The first kappa shape index (κ1) is 23.0. The van der Waals surface area contributed by atoms with Gasteiger partial charge in [0.05, 0.1) is 16.0 Å². The van der Waals surface area contributed by atoms with E-state index in [-0.39, 0.29) is 12.5 Å². The molecule has 7 heteroatoms. The van der Waals surface area contributed by atoms with Crippen LogP contribution in [0.4, 0.5) is 5.69 Å². The Bertz CT molecular complexity index is 1190. The minimum atomic E-state index is -3.58. The van der Waals surface area contributed by atoms with Gasteiger partial charge in [-0.3, -0.25) is 4.79 Å². The lowest BCUT2D eigenvalue weighted by Crippen LogP contribution is -2.27. The number of halogens is 1. The van der Waals surface area contributed by atoms with Crippen LogP contribution in [0.3, 0.4) is 0 Å². The number of hydrogen-bond donors (Lipinski definition) is 2. The maximum Gasteiger partial charge on any atom is 0.255 e. The van der Waals surface area contributed by atoms with Crippen molar-refractivity contribution >= 4 is 33.2 Å². The van der Waals surface area contributed by atoms with Gasteiger partial charge in [0, 0.05) is 12.1 Å². The minimum absolute atomic E-state index is 0.101. The molecule has 0 heterocycles. The van der Waals surface area contributed by atoms with E-state index in [1.165, 1.54) is 0 Å². The average Bonchev–Trinajstić information content (AvgIpc) is 2.76. The van der Waals surface area contributed by atoms with E-state index in [2.05, 4.69) is 10.0 Å². The molecular formula is C24H25ClN2O3S. The number of nitrogens with one attached hydrogen (secondary N) is 2. The fourth-order valence-electron chi connectivity index (χ4n) is 3.06. The zero-order valence-corrected chi connectivity index (χ0v) is 19.2. The number of benzene rings is 3. The van der Waals surface area contributed by atoms with Crippen molar-refractivity contribution < 1.29 is 13.2 Å². The summed E-state index contributed by atoms with van der Waals surface area (Å²) in [5, 5.41) is 2.41. The van der Waals surface area contributed by atoms with E-state index < -0.39 is 15.3 Å². The summed E-state index contributed by atoms with van der Waals surface area (Å²) in [5.41, 5.74) is 4.60. The first-order chi connectivity index (χ1) is 14.7. The van der Waals surface area contributed by atoms with E-state index in [4.69, 9.17) is 11.6 Å². The van der Waals surface area contributed by atoms with Crippen LogP contribution in [-0.4, -0.2) is 14.3 Å². The minimum Gasteiger partial charge on any atom is -0.321 e. The molecule has 0 radical (unpaired) electrons. The van der Waals surface area contributed by atoms with Crippen LogP contribution >= 0.6 is 11.6 Å². The van der Waals surface area contributed by atoms with Crippen LogP contribution in [0.15, 0.2) is 66.7 Å². The molecule has 0 fully saturated rings. The van der Waals surface area contributed by atoms with Crippen LogP contribution < -0.4 is 10.0 Å². The molecule has 1 amide bonds. The van der Waals surface area contributed by atoms with E-state index in [9.17, 15) is 13.2 Å². The first-order valence-corrected chi connectivity index (χ1v) is 11.8. The molecular weight excluding hydrogens is 432 g/mol. The van der Waals surface area contributed by atoms with Gasteiger partial charge in [0.1, 0.15) is 0 Å². The zero-order valence-electron chi connectivity index (χ0n) is 17.6. The number of aryl methyl sites for hydroxylation is 2. The Labute approximate surface area is 188 Å². The van der Waals surface area contributed by atoms with Crippen LogP contribution in [0.5, 0.6) is 0 Å². The van der Waals surface area contributed by atoms with Gasteiger partial charge < -0.3 is 5.32 Å². The highest BCUT2D eigenvalue weighted by Gasteiger charge is 2.22. The third-order valence-electron chi connectivity index (χ3n) is 5.26. The van der Waals surface area contributed by atoms with Crippen molar-refractivity contribution in [2.45, 2.75) is 32.6 Å². The monoisotopic (exact) mass is 456 g/mol. The van der Waals surface area contributed by atoms with Gasteiger partial charge in [-0.1, -0.05) is 54.1 Å². The second-order valence-electron chi connectivity index (χ2n) is 7.49. The quantitative estimate of drug-likeness (QED) is 0.500. The van der Waals surface area contributed by atoms with Crippen LogP contribution in [0.25, 0.3) is 0 Å². The molecule has 0 aliphatic carbocycles. The molecule has 3 rings (SSSR count). The first-order valence-electron chi connectivity index (χ1n) is 9.88. The summed E-state index contributed by atoms with van der Waals surface area (Å²) in [6.07, 6.45) is 0. The molecule has 2 N–H and O–H groups in total. The molecule has 0 bridgehead atoms. The van der Waals surface area contributed by atoms with Crippen molar-refractivity contribution in [3.8, 4) is 0 Å². The summed E-state index contributed by atoms with van der Waals surface area (Å²) < 4.78 is 28.2. The number of carbonyl (C=O) groups excluding carboxylic acids is 1. The molecule has 0 saturated carbocycles. The lowest BCUT2D eigenvalue weighted by Gasteiger charge is -2.16. The van der Waals surface area contributed by atoms with Gasteiger partial charge in [-0.25, -0.2) is 13.1 Å². The van der Waals surface area contributed by atoms with Crippen molar-refractivity contribution in [1.82, 2.24) is 4.72 Å². The highest BCUT2D eigenvalue weighted by Crippen LogP contribution is 2.26. The SMILES string of the molecule is Cc1ccc(C(C)S(=O)(=O)NCc2ccc(NC(=O)c3ccccc3)c(Cl)c2)cc1C. The summed E-state index contributed by atoms with van der Waals surface area (Å²) in [4.78, 5) is 12.3. The standard InChI is InChI=1S/C24H25ClN2O3S/c1-16-9-11-21(13-17(16)2)18(3)31(29,30)26-15-19-10-12-23(22(25)14-19)27-24(28)20-7-5-4-6-8-20/h4-14,18,26H,15H2,1-3H3,(H,27,28). The number of hydrogen-bond acceptors (Lipinski definition) is 3. The summed E-state index contributed by atoms with van der Waals surface area (Å²) in [5.74, 6) is -0.266. The number of sulfonamides is 1. The van der Waals surface area contributed by atoms with E-state index in [0.29, 0.717) is 21.8 Å². The van der Waals surface area contributed by atoms with Crippen molar-refractivity contribution in [2.75, 3.05) is 5.32 Å². The second kappa shape index (κ2) is 9.64. The third-order valence-corrected chi connectivity index (χ3v) is 7.32. The molecule has 162 valence electrons. The van der Waals surface area contributed by atoms with E-state index in [1.54, 1.807) is 49.4 Å². The zero-order chi connectivity index (χ0) is 22.6. The summed E-state index contributed by atoms with van der Waals surface area (Å²) in [7, 11) is -3.58. The normalized spacial score (nSPS) is 12.4. The van der Waals surface area contributed by atoms with Gasteiger partial charge in [0.25, 0.3) is 5.91 Å². The molecule has 5 nitrogen and oxygen atoms in total. The predicted molar refractivity (Wildman–Crippen MR) is 126 cm³/mol. The lowest BCUT2D eigenvalue weighted by atomic mass is 10.0. The maximum absolute atomic E-state index is 12.8. The van der Waals surface area contributed by atoms with Crippen LogP contribution in [-0.2, 0) is 16.6 Å². The Hall–Kier alpha value is -2.67. The Morgan fingerprint density at radius 2 is 1.68 bits per heavy atom. The maximum atomic E-state index is 12.8. The molecule has 31 heavy (non-hydrogen) atoms. The van der Waals surface area contributed by atoms with Gasteiger partial charge in [-0.05, 0) is 67.3 Å². The highest BCUT2D eigenvalue weighted by molar-refractivity contribution is 7.89. The van der Waals surface area contributed by atoms with Crippen LogP contribution in [0.2, 0.25) is 5.02 Å². The van der Waals surface area contributed by atoms with Crippen molar-refractivity contribution in [1.29, 1.82) is 0 Å². The molecule has 0 spiro atoms. The Morgan fingerprint density at radius 1 is 0.968 bits per heavy atom. The lowest BCUT2D eigenvalue weighted by molar-refractivity contribution is 0.102. The molecule has 3 aromatic rings. The van der Waals surface area contributed by atoms with E-state index >= 15 is 0 Å². The number of amides is 1. The summed E-state index contributed by atoms with van der Waals surface area (Å²) in [6.45, 7) is 5.73. The largest absolute Gasteiger partial charge is 0.321 e. The van der Waals surface area contributed by atoms with Crippen LogP contribution in [0.1, 0.15) is 44.8 Å². The van der Waals surface area contributed by atoms with Gasteiger partial charge >= 0.3 is 0 Å². The molecule has 1 unspecified atom stereocenters. The van der Waals surface area contributed by atoms with Crippen molar-refractivity contribution in [3.05, 3.63) is 99.6 Å². The van der Waals surface area contributed by atoms with Crippen molar-refractivity contribution in [2.24, 2.45) is 0 Å². The molecule has 0 aromatic heterocycles. The molecule has 0 saturated heterocycles. The highest BCUT2D eigenvalue weighted by atomic mass is 35.5. The smallest absolute Gasteiger partial charge is 0.255 e. The molecule has 0 aliphatic rings. The van der Waals surface area contributed by atoms with Crippen LogP contribution in [0, 0.1) is 13.8 Å². The Kier molecular flexibility index (Phi) is 7.15. The molecule has 0 aliphatic heterocycles. The van der Waals surface area contributed by atoms with Gasteiger partial charge in [-0.15, -0.1) is 0 Å². The van der Waals surface area contributed by atoms with Crippen molar-refractivity contribution in [3.63, 3.8) is 0 Å². The number of carbonyl (C=O) groups is 1. The third kappa shape index (κ3) is 5.73. The fourth-order valence-corrected chi connectivity index (χ4v) is 4.43. The van der Waals surface area contributed by atoms with E-state index in [1.807, 2.05) is 38.1 Å². The van der Waals surface area contributed by atoms with Gasteiger partial charge in [0.2, 0.25) is 10.0 Å². The number of anilines is 1. The topological polar surface area (TPSA) is 75.3 Å². The van der Waals surface area contributed by atoms with E-state index in [0.717, 1.165) is 16.7 Å². The average molecular weight is 457 g/mol. The summed E-state index contributed by atoms with van der Waals surface area (Å²) >= 11 is 6.31. The Morgan fingerprint density at radius 3 is 2.32 bits per heavy atom. The van der Waals surface area contributed by atoms with Gasteiger partial charge in [0.15, 0.2) is 0 Å². The Balaban J connectivity index is 1.66. The summed E-state index contributed by atoms with van der Waals surface area (Å²) in [6, 6.07) is 19.5. The molecule has 1 atom stereocenters. The molecule has 3 aromatic carbocycles.